The zero-order valence-corrected chi connectivity index (χ0v) is 17.8. The van der Waals surface area contributed by atoms with Crippen LogP contribution in [0.4, 0.5) is 11.6 Å². The molecule has 0 saturated carbocycles. The number of nitrogens with one attached hydrogen (secondary N) is 2. The molecular weight excluding hydrogens is 394 g/mol. The minimum absolute atomic E-state index is 0.457. The molecule has 0 aromatic carbocycles. The molecule has 0 atom stereocenters. The van der Waals surface area contributed by atoms with Gasteiger partial charge >= 0.3 is 0 Å². The van der Waals surface area contributed by atoms with Gasteiger partial charge in [-0.1, -0.05) is 13.0 Å². The van der Waals surface area contributed by atoms with Crippen molar-refractivity contribution >= 4 is 22.9 Å². The third kappa shape index (κ3) is 4.25. The SMILES string of the molecule is C/C=C(\C(=N)CC)c1cnc2cc1OCCCOc1c(cnn1C)-c1nccc(n1)N2. The molecule has 9 nitrogen and oxygen atoms in total. The lowest BCUT2D eigenvalue weighted by atomic mass is 10.00. The highest BCUT2D eigenvalue weighted by Gasteiger charge is 2.18. The van der Waals surface area contributed by atoms with Crippen molar-refractivity contribution in [1.29, 1.82) is 5.41 Å². The van der Waals surface area contributed by atoms with Gasteiger partial charge < -0.3 is 20.2 Å². The summed E-state index contributed by atoms with van der Waals surface area (Å²) in [6, 6.07) is 3.61. The third-order valence-corrected chi connectivity index (χ3v) is 4.95. The van der Waals surface area contributed by atoms with Crippen LogP contribution in [0, 0.1) is 5.41 Å². The van der Waals surface area contributed by atoms with Gasteiger partial charge in [0.2, 0.25) is 5.88 Å². The van der Waals surface area contributed by atoms with Gasteiger partial charge in [0.05, 0.1) is 19.4 Å². The Kier molecular flexibility index (Phi) is 5.92. The zero-order chi connectivity index (χ0) is 21.8. The molecule has 3 aromatic heterocycles. The largest absolute Gasteiger partial charge is 0.493 e. The van der Waals surface area contributed by atoms with E-state index in [-0.39, 0.29) is 0 Å². The van der Waals surface area contributed by atoms with E-state index >= 15 is 0 Å². The van der Waals surface area contributed by atoms with Gasteiger partial charge in [-0.3, -0.25) is 0 Å². The Labute approximate surface area is 180 Å². The minimum atomic E-state index is 0.457. The third-order valence-electron chi connectivity index (χ3n) is 4.95. The van der Waals surface area contributed by atoms with E-state index in [2.05, 4.69) is 25.4 Å². The second-order valence-electron chi connectivity index (χ2n) is 7.03. The molecule has 9 heteroatoms. The minimum Gasteiger partial charge on any atom is -0.493 e. The second kappa shape index (κ2) is 8.95. The van der Waals surface area contributed by atoms with E-state index in [0.717, 1.165) is 16.7 Å². The van der Waals surface area contributed by atoms with Gasteiger partial charge in [0, 0.05) is 48.8 Å². The predicted molar refractivity (Wildman–Crippen MR) is 119 cm³/mol. The number of aryl methyl sites for hydroxylation is 1. The van der Waals surface area contributed by atoms with E-state index in [1.807, 2.05) is 33.0 Å². The maximum absolute atomic E-state index is 8.30. The number of pyridine rings is 1. The maximum Gasteiger partial charge on any atom is 0.222 e. The van der Waals surface area contributed by atoms with Gasteiger partial charge in [-0.05, 0) is 19.4 Å². The number of aromatic nitrogens is 5. The Balaban J connectivity index is 1.75. The van der Waals surface area contributed by atoms with E-state index in [1.165, 1.54) is 0 Å². The number of nitrogens with zero attached hydrogens (tertiary/aromatic N) is 5. The maximum atomic E-state index is 8.30. The fraction of sp³-hybridized carbons (Fsp3) is 0.318. The van der Waals surface area contributed by atoms with Crippen molar-refractivity contribution in [3.63, 3.8) is 0 Å². The molecule has 31 heavy (non-hydrogen) atoms. The first-order valence-electron chi connectivity index (χ1n) is 10.2. The van der Waals surface area contributed by atoms with Crippen LogP contribution in [0.3, 0.4) is 0 Å². The first-order valence-corrected chi connectivity index (χ1v) is 10.2. The summed E-state index contributed by atoms with van der Waals surface area (Å²) >= 11 is 0. The molecule has 4 heterocycles. The number of rotatable bonds is 3. The summed E-state index contributed by atoms with van der Waals surface area (Å²) in [4.78, 5) is 13.5. The van der Waals surface area contributed by atoms with Gasteiger partial charge in [-0.2, -0.15) is 5.10 Å². The fourth-order valence-corrected chi connectivity index (χ4v) is 3.36. The summed E-state index contributed by atoms with van der Waals surface area (Å²) in [5, 5.41) is 15.8. The summed E-state index contributed by atoms with van der Waals surface area (Å²) in [5.74, 6) is 2.98. The Morgan fingerprint density at radius 2 is 2.06 bits per heavy atom. The standard InChI is InChI=1S/C22H25N7O2/c1-4-14(17(23)5-2)15-12-25-20-11-18(15)30-9-6-10-31-22-16(13-26-29(22)3)21-24-8-7-19(27-20)28-21/h4,7-8,11-13,23H,5-6,9-10H2,1-3H3,(H,24,25,27,28)/b14-4-,23-17?. The molecule has 1 aliphatic heterocycles. The molecule has 4 rings (SSSR count). The summed E-state index contributed by atoms with van der Waals surface area (Å²) in [5.41, 5.74) is 2.88. The van der Waals surface area contributed by atoms with Crippen molar-refractivity contribution in [3.8, 4) is 23.0 Å². The quantitative estimate of drug-likeness (QED) is 0.617. The highest BCUT2D eigenvalue weighted by Crippen LogP contribution is 2.32. The lowest BCUT2D eigenvalue weighted by molar-refractivity contribution is 0.236. The first-order chi connectivity index (χ1) is 15.1. The zero-order valence-electron chi connectivity index (χ0n) is 17.8. The molecule has 0 amide bonds. The lowest BCUT2D eigenvalue weighted by Gasteiger charge is -2.17. The van der Waals surface area contributed by atoms with Crippen LogP contribution in [0.5, 0.6) is 11.6 Å². The molecule has 1 aliphatic rings. The Morgan fingerprint density at radius 3 is 2.87 bits per heavy atom. The summed E-state index contributed by atoms with van der Waals surface area (Å²) in [6.45, 7) is 4.80. The van der Waals surface area contributed by atoms with Crippen LogP contribution in [0.2, 0.25) is 0 Å². The van der Waals surface area contributed by atoms with Crippen molar-refractivity contribution < 1.29 is 9.47 Å². The number of anilines is 2. The van der Waals surface area contributed by atoms with Crippen molar-refractivity contribution in [2.24, 2.45) is 7.05 Å². The van der Waals surface area contributed by atoms with Crippen LogP contribution < -0.4 is 14.8 Å². The molecule has 0 unspecified atom stereocenters. The number of hydrogen-bond donors (Lipinski definition) is 2. The predicted octanol–water partition coefficient (Wildman–Crippen LogP) is 4.01. The first kappa shape index (κ1) is 20.5. The highest BCUT2D eigenvalue weighted by molar-refractivity contribution is 6.22. The molecule has 2 N–H and O–H groups in total. The number of allylic oxidation sites excluding steroid dienone is 2. The topological polar surface area (TPSA) is 111 Å². The van der Waals surface area contributed by atoms with E-state index in [4.69, 9.17) is 14.9 Å². The van der Waals surface area contributed by atoms with Gasteiger partial charge in [0.1, 0.15) is 22.9 Å². The number of hydrogen-bond acceptors (Lipinski definition) is 8. The molecule has 0 spiro atoms. The molecular formula is C22H25N7O2. The molecule has 0 radical (unpaired) electrons. The van der Waals surface area contributed by atoms with Gasteiger partial charge in [0.25, 0.3) is 0 Å². The van der Waals surface area contributed by atoms with Crippen LogP contribution in [0.25, 0.3) is 17.0 Å². The van der Waals surface area contributed by atoms with Crippen LogP contribution in [0.15, 0.2) is 36.8 Å². The van der Waals surface area contributed by atoms with Crippen molar-refractivity contribution in [1.82, 2.24) is 24.7 Å². The smallest absolute Gasteiger partial charge is 0.222 e. The fourth-order valence-electron chi connectivity index (χ4n) is 3.36. The second-order valence-corrected chi connectivity index (χ2v) is 7.03. The number of fused-ring (bicyclic) bond motifs is 6. The van der Waals surface area contributed by atoms with Crippen molar-refractivity contribution in [2.75, 3.05) is 18.5 Å². The van der Waals surface area contributed by atoms with E-state index in [1.54, 1.807) is 29.3 Å². The van der Waals surface area contributed by atoms with E-state index in [0.29, 0.717) is 60.9 Å². The Morgan fingerprint density at radius 1 is 1.23 bits per heavy atom. The van der Waals surface area contributed by atoms with Crippen LogP contribution in [0.1, 0.15) is 32.3 Å². The van der Waals surface area contributed by atoms with Gasteiger partial charge in [-0.25, -0.2) is 19.6 Å². The Hall–Kier alpha value is -3.75. The molecule has 0 aliphatic carbocycles. The van der Waals surface area contributed by atoms with E-state index < -0.39 is 0 Å². The molecule has 3 aromatic rings. The molecule has 160 valence electrons. The summed E-state index contributed by atoms with van der Waals surface area (Å²) in [6.07, 6.45) is 8.34. The van der Waals surface area contributed by atoms with E-state index in [9.17, 15) is 0 Å². The van der Waals surface area contributed by atoms with Crippen LogP contribution >= 0.6 is 0 Å². The van der Waals surface area contributed by atoms with Crippen LogP contribution in [-0.4, -0.2) is 43.7 Å². The average molecular weight is 419 g/mol. The normalized spacial score (nSPS) is 13.8. The van der Waals surface area contributed by atoms with Gasteiger partial charge in [-0.15, -0.1) is 0 Å². The summed E-state index contributed by atoms with van der Waals surface area (Å²) < 4.78 is 13.7. The lowest BCUT2D eigenvalue weighted by Crippen LogP contribution is -2.10. The number of ether oxygens (including phenoxy) is 2. The Bertz CT molecular complexity index is 1140. The molecule has 0 saturated heterocycles. The van der Waals surface area contributed by atoms with Crippen molar-refractivity contribution in [3.05, 3.63) is 42.4 Å². The van der Waals surface area contributed by atoms with Gasteiger partial charge in [0.15, 0.2) is 5.82 Å². The summed E-state index contributed by atoms with van der Waals surface area (Å²) in [7, 11) is 1.82. The van der Waals surface area contributed by atoms with Crippen LogP contribution in [-0.2, 0) is 7.05 Å². The molecule has 4 bridgehead atoms. The monoisotopic (exact) mass is 419 g/mol. The average Bonchev–Trinajstić information content (AvgIpc) is 3.15. The highest BCUT2D eigenvalue weighted by atomic mass is 16.5. The van der Waals surface area contributed by atoms with Crippen molar-refractivity contribution in [2.45, 2.75) is 26.7 Å². The molecule has 0 fully saturated rings.